The zero-order chi connectivity index (χ0) is 23.5. The molecule has 32 heavy (non-hydrogen) atoms. The molecule has 0 bridgehead atoms. The zero-order valence-corrected chi connectivity index (χ0v) is 19.3. The first-order chi connectivity index (χ1) is 15.1. The van der Waals surface area contributed by atoms with Crippen LogP contribution >= 0.6 is 0 Å². The van der Waals surface area contributed by atoms with Crippen LogP contribution in [0.15, 0.2) is 47.4 Å². The smallest absolute Gasteiger partial charge is 0.243 e. The van der Waals surface area contributed by atoms with Crippen LogP contribution in [0.2, 0.25) is 0 Å². The summed E-state index contributed by atoms with van der Waals surface area (Å²) in [5.74, 6) is -1.65. The molecule has 1 fully saturated rings. The van der Waals surface area contributed by atoms with Crippen LogP contribution in [-0.4, -0.2) is 56.1 Å². The SMILES string of the molecule is Cc1cccc(C)c1NC(=O)CN(C)C(=O)C1CCCN(S(=O)(=O)c2ccc(F)cc2)C1. The van der Waals surface area contributed by atoms with Gasteiger partial charge in [0.1, 0.15) is 5.82 Å². The lowest BCUT2D eigenvalue weighted by molar-refractivity contribution is -0.138. The minimum atomic E-state index is -3.83. The van der Waals surface area contributed by atoms with Crippen molar-refractivity contribution < 1.29 is 22.4 Å². The molecular weight excluding hydrogens is 433 g/mol. The first-order valence-electron chi connectivity index (χ1n) is 10.5. The number of carbonyl (C=O) groups is 2. The molecule has 1 saturated heterocycles. The predicted molar refractivity (Wildman–Crippen MR) is 120 cm³/mol. The second kappa shape index (κ2) is 9.79. The third-order valence-corrected chi connectivity index (χ3v) is 7.57. The van der Waals surface area contributed by atoms with Crippen molar-refractivity contribution in [2.24, 2.45) is 5.92 Å². The number of para-hydroxylation sites is 1. The van der Waals surface area contributed by atoms with E-state index in [0.29, 0.717) is 19.4 Å². The average Bonchev–Trinajstić information content (AvgIpc) is 2.76. The molecule has 1 unspecified atom stereocenters. The van der Waals surface area contributed by atoms with E-state index in [1.54, 1.807) is 7.05 Å². The largest absolute Gasteiger partial charge is 0.336 e. The van der Waals surface area contributed by atoms with E-state index in [1.165, 1.54) is 21.3 Å². The average molecular weight is 462 g/mol. The summed E-state index contributed by atoms with van der Waals surface area (Å²) in [6, 6.07) is 10.3. The van der Waals surface area contributed by atoms with E-state index in [-0.39, 0.29) is 29.8 Å². The molecule has 0 aliphatic carbocycles. The summed E-state index contributed by atoms with van der Waals surface area (Å²) in [7, 11) is -2.29. The molecule has 1 heterocycles. The molecule has 0 spiro atoms. The van der Waals surface area contributed by atoms with Crippen LogP contribution in [0.4, 0.5) is 10.1 Å². The van der Waals surface area contributed by atoms with Crippen molar-refractivity contribution in [3.05, 3.63) is 59.4 Å². The monoisotopic (exact) mass is 461 g/mol. The Morgan fingerprint density at radius 3 is 2.38 bits per heavy atom. The van der Waals surface area contributed by atoms with Crippen molar-refractivity contribution >= 4 is 27.5 Å². The van der Waals surface area contributed by atoms with Gasteiger partial charge in [-0.3, -0.25) is 9.59 Å². The van der Waals surface area contributed by atoms with E-state index in [1.807, 2.05) is 32.0 Å². The van der Waals surface area contributed by atoms with Crippen LogP contribution in [0.25, 0.3) is 0 Å². The molecule has 0 radical (unpaired) electrons. The number of nitrogens with one attached hydrogen (secondary N) is 1. The van der Waals surface area contributed by atoms with Crippen molar-refractivity contribution in [3.63, 3.8) is 0 Å². The number of hydrogen-bond acceptors (Lipinski definition) is 4. The van der Waals surface area contributed by atoms with Crippen molar-refractivity contribution in [3.8, 4) is 0 Å². The van der Waals surface area contributed by atoms with E-state index >= 15 is 0 Å². The first kappa shape index (κ1) is 23.9. The fourth-order valence-electron chi connectivity index (χ4n) is 3.91. The maximum absolute atomic E-state index is 13.2. The maximum atomic E-state index is 13.2. The van der Waals surface area contributed by atoms with E-state index in [0.717, 1.165) is 28.9 Å². The summed E-state index contributed by atoms with van der Waals surface area (Å²) >= 11 is 0. The van der Waals surface area contributed by atoms with Gasteiger partial charge in [0.25, 0.3) is 0 Å². The molecule has 2 aromatic rings. The van der Waals surface area contributed by atoms with Gasteiger partial charge in [0.05, 0.1) is 17.4 Å². The lowest BCUT2D eigenvalue weighted by Gasteiger charge is -2.33. The second-order valence-electron chi connectivity index (χ2n) is 8.17. The molecule has 1 aliphatic heterocycles. The summed E-state index contributed by atoms with van der Waals surface area (Å²) in [5, 5.41) is 2.86. The Hall–Kier alpha value is -2.78. The zero-order valence-electron chi connectivity index (χ0n) is 18.5. The molecule has 1 aliphatic rings. The van der Waals surface area contributed by atoms with Crippen LogP contribution in [0, 0.1) is 25.6 Å². The standard InChI is InChI=1S/C23H28FN3O4S/c1-16-6-4-7-17(2)22(16)25-21(28)15-26(3)23(29)18-8-5-13-27(14-18)32(30,31)20-11-9-19(24)10-12-20/h4,6-7,9-12,18H,5,8,13-15H2,1-3H3,(H,25,28). The topological polar surface area (TPSA) is 86.8 Å². The molecule has 2 amide bonds. The number of likely N-dealkylation sites (N-methyl/N-ethyl adjacent to an activating group) is 1. The number of hydrogen-bond donors (Lipinski definition) is 1. The van der Waals surface area contributed by atoms with Gasteiger partial charge in [-0.15, -0.1) is 0 Å². The predicted octanol–water partition coefficient (Wildman–Crippen LogP) is 2.94. The van der Waals surface area contributed by atoms with E-state index in [9.17, 15) is 22.4 Å². The molecule has 1 atom stereocenters. The minimum absolute atomic E-state index is 0.00617. The Balaban J connectivity index is 1.64. The van der Waals surface area contributed by atoms with Crippen molar-refractivity contribution in [1.29, 1.82) is 0 Å². The Labute approximate surface area is 188 Å². The summed E-state index contributed by atoms with van der Waals surface area (Å²) in [6.07, 6.45) is 1.07. The van der Waals surface area contributed by atoms with Gasteiger partial charge in [-0.2, -0.15) is 4.31 Å². The van der Waals surface area contributed by atoms with E-state index in [4.69, 9.17) is 0 Å². The molecule has 3 rings (SSSR count). The van der Waals surface area contributed by atoms with E-state index in [2.05, 4.69) is 5.32 Å². The number of carbonyl (C=O) groups excluding carboxylic acids is 2. The van der Waals surface area contributed by atoms with Crippen LogP contribution in [0.3, 0.4) is 0 Å². The molecule has 0 saturated carbocycles. The highest BCUT2D eigenvalue weighted by atomic mass is 32.2. The molecule has 172 valence electrons. The summed E-state index contributed by atoms with van der Waals surface area (Å²) in [6.45, 7) is 3.99. The quantitative estimate of drug-likeness (QED) is 0.717. The van der Waals surface area contributed by atoms with Gasteiger partial charge in [0, 0.05) is 25.8 Å². The number of rotatable bonds is 6. The Bertz CT molecular complexity index is 1080. The van der Waals surface area contributed by atoms with Gasteiger partial charge < -0.3 is 10.2 Å². The van der Waals surface area contributed by atoms with Crippen LogP contribution in [0.5, 0.6) is 0 Å². The molecule has 9 heteroatoms. The summed E-state index contributed by atoms with van der Waals surface area (Å²) in [5.41, 5.74) is 2.59. The van der Waals surface area contributed by atoms with Gasteiger partial charge in [0.2, 0.25) is 21.8 Å². The van der Waals surface area contributed by atoms with Gasteiger partial charge in [-0.05, 0) is 62.1 Å². The van der Waals surface area contributed by atoms with Gasteiger partial charge >= 0.3 is 0 Å². The normalized spacial score (nSPS) is 17.1. The van der Waals surface area contributed by atoms with Gasteiger partial charge in [-0.25, -0.2) is 12.8 Å². The number of piperidine rings is 1. The summed E-state index contributed by atoms with van der Waals surface area (Å²) < 4.78 is 40.2. The van der Waals surface area contributed by atoms with Crippen LogP contribution in [0.1, 0.15) is 24.0 Å². The van der Waals surface area contributed by atoms with Crippen molar-refractivity contribution in [2.45, 2.75) is 31.6 Å². The number of benzene rings is 2. The van der Waals surface area contributed by atoms with Crippen molar-refractivity contribution in [1.82, 2.24) is 9.21 Å². The van der Waals surface area contributed by atoms with Crippen LogP contribution < -0.4 is 5.32 Å². The molecular formula is C23H28FN3O4S. The molecule has 2 aromatic carbocycles. The van der Waals surface area contributed by atoms with Crippen molar-refractivity contribution in [2.75, 3.05) is 32.0 Å². The minimum Gasteiger partial charge on any atom is -0.336 e. The third-order valence-electron chi connectivity index (χ3n) is 5.69. The third kappa shape index (κ3) is 5.34. The summed E-state index contributed by atoms with van der Waals surface area (Å²) in [4.78, 5) is 26.8. The second-order valence-corrected chi connectivity index (χ2v) is 10.1. The number of amides is 2. The lowest BCUT2D eigenvalue weighted by Crippen LogP contribution is -2.47. The number of aryl methyl sites for hydroxylation is 2. The highest BCUT2D eigenvalue weighted by Gasteiger charge is 2.34. The fourth-order valence-corrected chi connectivity index (χ4v) is 5.44. The molecule has 7 nitrogen and oxygen atoms in total. The number of sulfonamides is 1. The first-order valence-corrected chi connectivity index (χ1v) is 11.9. The Morgan fingerprint density at radius 2 is 1.75 bits per heavy atom. The van der Waals surface area contributed by atoms with Gasteiger partial charge in [0.15, 0.2) is 0 Å². The highest BCUT2D eigenvalue weighted by molar-refractivity contribution is 7.89. The maximum Gasteiger partial charge on any atom is 0.243 e. The fraction of sp³-hybridized carbons (Fsp3) is 0.391. The van der Waals surface area contributed by atoms with Gasteiger partial charge in [-0.1, -0.05) is 18.2 Å². The Kier molecular flexibility index (Phi) is 7.30. The number of anilines is 1. The van der Waals surface area contributed by atoms with E-state index < -0.39 is 21.8 Å². The highest BCUT2D eigenvalue weighted by Crippen LogP contribution is 2.25. The molecule has 0 aromatic heterocycles. The van der Waals surface area contributed by atoms with Crippen LogP contribution in [-0.2, 0) is 19.6 Å². The molecule has 1 N–H and O–H groups in total. The number of halogens is 1. The number of nitrogens with zero attached hydrogens (tertiary/aromatic N) is 2. The lowest BCUT2D eigenvalue weighted by atomic mass is 9.98. The Morgan fingerprint density at radius 1 is 1.12 bits per heavy atom.